The van der Waals surface area contributed by atoms with E-state index >= 15 is 0 Å². The maximum absolute atomic E-state index is 13.8. The van der Waals surface area contributed by atoms with Gasteiger partial charge in [-0.25, -0.2) is 0 Å². The van der Waals surface area contributed by atoms with E-state index in [1.807, 2.05) is 102 Å². The van der Waals surface area contributed by atoms with Crippen molar-refractivity contribution in [3.63, 3.8) is 0 Å². The predicted molar refractivity (Wildman–Crippen MR) is 145 cm³/mol. The third-order valence-corrected chi connectivity index (χ3v) is 6.42. The van der Waals surface area contributed by atoms with Crippen molar-refractivity contribution >= 4 is 11.8 Å². The molecule has 36 heavy (non-hydrogen) atoms. The topological polar surface area (TPSA) is 58.6 Å². The van der Waals surface area contributed by atoms with Crippen LogP contribution in [0.2, 0.25) is 0 Å². The van der Waals surface area contributed by atoms with Gasteiger partial charge in [-0.15, -0.1) is 0 Å². The van der Waals surface area contributed by atoms with Crippen molar-refractivity contribution in [1.29, 1.82) is 0 Å². The zero-order valence-corrected chi connectivity index (χ0v) is 22.3. The molecule has 0 radical (unpaired) electrons. The Bertz CT molecular complexity index is 1190. The summed E-state index contributed by atoms with van der Waals surface area (Å²) in [5.74, 6) is 0.304. The highest BCUT2D eigenvalue weighted by Gasteiger charge is 2.31. The molecule has 3 aromatic carbocycles. The number of aryl methyl sites for hydroxylation is 3. The molecule has 0 aromatic heterocycles. The first-order valence-corrected chi connectivity index (χ1v) is 12.5. The summed E-state index contributed by atoms with van der Waals surface area (Å²) in [7, 11) is 0. The average molecular weight is 487 g/mol. The van der Waals surface area contributed by atoms with Gasteiger partial charge in [0.1, 0.15) is 11.8 Å². The molecule has 0 spiro atoms. The number of nitrogens with one attached hydrogen (secondary N) is 1. The van der Waals surface area contributed by atoms with Crippen LogP contribution < -0.4 is 10.1 Å². The summed E-state index contributed by atoms with van der Waals surface area (Å²) in [6, 6.07) is 21.1. The van der Waals surface area contributed by atoms with Crippen LogP contribution in [0.25, 0.3) is 0 Å². The molecule has 0 heterocycles. The average Bonchev–Trinajstić information content (AvgIpc) is 2.83. The van der Waals surface area contributed by atoms with Gasteiger partial charge in [0, 0.05) is 19.0 Å². The smallest absolute Gasteiger partial charge is 0.261 e. The van der Waals surface area contributed by atoms with Gasteiger partial charge in [-0.3, -0.25) is 9.59 Å². The maximum Gasteiger partial charge on any atom is 0.261 e. The highest BCUT2D eigenvalue weighted by molar-refractivity contribution is 5.88. The summed E-state index contributed by atoms with van der Waals surface area (Å²) in [5.41, 5.74) is 6.28. The van der Waals surface area contributed by atoms with Gasteiger partial charge in [0.05, 0.1) is 0 Å². The van der Waals surface area contributed by atoms with Crippen LogP contribution in [0, 0.1) is 27.7 Å². The Balaban J connectivity index is 1.95. The number of benzene rings is 3. The Kier molecular flexibility index (Phi) is 9.29. The number of hydrogen-bond acceptors (Lipinski definition) is 3. The Labute approximate surface area is 215 Å². The molecule has 1 atom stereocenters. The van der Waals surface area contributed by atoms with Crippen molar-refractivity contribution in [3.05, 3.63) is 100 Å². The molecule has 0 aliphatic heterocycles. The van der Waals surface area contributed by atoms with E-state index in [0.717, 1.165) is 33.4 Å². The second kappa shape index (κ2) is 12.4. The van der Waals surface area contributed by atoms with Gasteiger partial charge in [0.25, 0.3) is 5.91 Å². The van der Waals surface area contributed by atoms with E-state index in [-0.39, 0.29) is 24.5 Å². The molecule has 1 unspecified atom stereocenters. The van der Waals surface area contributed by atoms with Gasteiger partial charge in [0.2, 0.25) is 5.91 Å². The number of hydrogen-bond donors (Lipinski definition) is 1. The molecular weight excluding hydrogens is 448 g/mol. The number of amides is 2. The third-order valence-electron chi connectivity index (χ3n) is 6.42. The summed E-state index contributed by atoms with van der Waals surface area (Å²) in [5, 5.41) is 3.02. The standard InChI is InChI=1S/C31H38N2O3/c1-21(2)32-31(35)28(18-26-13-8-7-9-14-26)33(19-27-15-11-10-12-23(27)4)30(34)20-36-29-17-22(3)16-24(5)25(29)6/h7-17,21,28H,18-20H2,1-6H3,(H,32,35). The second-order valence-corrected chi connectivity index (χ2v) is 9.81. The number of carbonyl (C=O) groups is 2. The summed E-state index contributed by atoms with van der Waals surface area (Å²) in [6.07, 6.45) is 0.416. The third kappa shape index (κ3) is 7.20. The lowest BCUT2D eigenvalue weighted by molar-refractivity contribution is -0.143. The number of ether oxygens (including phenoxy) is 1. The summed E-state index contributed by atoms with van der Waals surface area (Å²) < 4.78 is 6.05. The van der Waals surface area contributed by atoms with E-state index in [1.54, 1.807) is 4.90 Å². The van der Waals surface area contributed by atoms with Crippen molar-refractivity contribution in [1.82, 2.24) is 10.2 Å². The van der Waals surface area contributed by atoms with E-state index < -0.39 is 6.04 Å². The van der Waals surface area contributed by atoms with Crippen LogP contribution in [0.3, 0.4) is 0 Å². The summed E-state index contributed by atoms with van der Waals surface area (Å²) in [4.78, 5) is 28.9. The molecule has 0 aliphatic carbocycles. The van der Waals surface area contributed by atoms with Crippen LogP contribution in [0.15, 0.2) is 66.7 Å². The van der Waals surface area contributed by atoms with Gasteiger partial charge < -0.3 is 15.0 Å². The van der Waals surface area contributed by atoms with Crippen molar-refractivity contribution in [2.24, 2.45) is 0 Å². The largest absolute Gasteiger partial charge is 0.483 e. The minimum absolute atomic E-state index is 0.0413. The quantitative estimate of drug-likeness (QED) is 0.414. The highest BCUT2D eigenvalue weighted by Crippen LogP contribution is 2.24. The zero-order valence-electron chi connectivity index (χ0n) is 22.3. The van der Waals surface area contributed by atoms with E-state index in [2.05, 4.69) is 11.4 Å². The van der Waals surface area contributed by atoms with Crippen LogP contribution in [0.4, 0.5) is 0 Å². The lowest BCUT2D eigenvalue weighted by Crippen LogP contribution is -2.53. The summed E-state index contributed by atoms with van der Waals surface area (Å²) in [6.45, 7) is 12.1. The molecular formula is C31H38N2O3. The minimum atomic E-state index is -0.675. The van der Waals surface area contributed by atoms with Gasteiger partial charge in [-0.2, -0.15) is 0 Å². The Morgan fingerprint density at radius 2 is 1.56 bits per heavy atom. The molecule has 0 bridgehead atoms. The molecule has 0 saturated carbocycles. The molecule has 3 aromatic rings. The molecule has 190 valence electrons. The minimum Gasteiger partial charge on any atom is -0.483 e. The van der Waals surface area contributed by atoms with E-state index in [0.29, 0.717) is 18.7 Å². The van der Waals surface area contributed by atoms with Crippen LogP contribution in [-0.4, -0.2) is 35.4 Å². The van der Waals surface area contributed by atoms with Crippen molar-refractivity contribution in [3.8, 4) is 5.75 Å². The van der Waals surface area contributed by atoms with Gasteiger partial charge >= 0.3 is 0 Å². The summed E-state index contributed by atoms with van der Waals surface area (Å²) >= 11 is 0. The molecule has 3 rings (SSSR count). The monoisotopic (exact) mass is 486 g/mol. The molecule has 0 saturated heterocycles. The lowest BCUT2D eigenvalue weighted by atomic mass is 10.0. The number of carbonyl (C=O) groups excluding carboxylic acids is 2. The predicted octanol–water partition coefficient (Wildman–Crippen LogP) is 5.46. The van der Waals surface area contributed by atoms with E-state index in [1.165, 1.54) is 0 Å². The molecule has 1 N–H and O–H groups in total. The lowest BCUT2D eigenvalue weighted by Gasteiger charge is -2.32. The first kappa shape index (κ1) is 27.0. The van der Waals surface area contributed by atoms with Crippen molar-refractivity contribution in [2.75, 3.05) is 6.61 Å². The van der Waals surface area contributed by atoms with Crippen molar-refractivity contribution < 1.29 is 14.3 Å². The molecule has 2 amide bonds. The molecule has 5 nitrogen and oxygen atoms in total. The fourth-order valence-electron chi connectivity index (χ4n) is 4.28. The van der Waals surface area contributed by atoms with E-state index in [9.17, 15) is 9.59 Å². The number of nitrogens with zero attached hydrogens (tertiary/aromatic N) is 1. The van der Waals surface area contributed by atoms with E-state index in [4.69, 9.17) is 4.74 Å². The van der Waals surface area contributed by atoms with Crippen LogP contribution in [0.1, 0.15) is 47.2 Å². The molecule has 0 aliphatic rings. The highest BCUT2D eigenvalue weighted by atomic mass is 16.5. The zero-order chi connectivity index (χ0) is 26.2. The first-order chi connectivity index (χ1) is 17.2. The van der Waals surface area contributed by atoms with Crippen molar-refractivity contribution in [2.45, 2.75) is 66.6 Å². The fraction of sp³-hybridized carbons (Fsp3) is 0.355. The Morgan fingerprint density at radius 3 is 2.22 bits per heavy atom. The Morgan fingerprint density at radius 1 is 0.889 bits per heavy atom. The molecule has 5 heteroatoms. The SMILES string of the molecule is Cc1cc(C)c(C)c(OCC(=O)N(Cc2ccccc2C)C(Cc2ccccc2)C(=O)NC(C)C)c1. The second-order valence-electron chi connectivity index (χ2n) is 9.81. The Hall–Kier alpha value is -3.60. The van der Waals surface area contributed by atoms with Gasteiger partial charge in [0.15, 0.2) is 6.61 Å². The van der Waals surface area contributed by atoms with Crippen LogP contribution >= 0.6 is 0 Å². The normalized spacial score (nSPS) is 11.8. The fourth-order valence-corrected chi connectivity index (χ4v) is 4.28. The molecule has 0 fully saturated rings. The van der Waals surface area contributed by atoms with Gasteiger partial charge in [-0.1, -0.05) is 60.7 Å². The van der Waals surface area contributed by atoms with Gasteiger partial charge in [-0.05, 0) is 81.0 Å². The first-order valence-electron chi connectivity index (χ1n) is 12.5. The number of rotatable bonds is 10. The van der Waals surface area contributed by atoms with Crippen LogP contribution in [-0.2, 0) is 22.6 Å². The maximum atomic E-state index is 13.8. The van der Waals surface area contributed by atoms with Crippen LogP contribution in [0.5, 0.6) is 5.75 Å².